The Balaban J connectivity index is 2.04. The molecule has 9 nitrogen and oxygen atoms in total. The number of amides is 1. The normalized spacial score (nSPS) is 18.7. The lowest BCUT2D eigenvalue weighted by atomic mass is 9.99. The third-order valence-corrected chi connectivity index (χ3v) is 16.5. The molecule has 0 bridgehead atoms. The van der Waals surface area contributed by atoms with Crippen molar-refractivity contribution >= 4 is 5.91 Å². The summed E-state index contributed by atoms with van der Waals surface area (Å²) in [6.07, 6.45) is 80.2. The molecule has 478 valence electrons. The summed E-state index contributed by atoms with van der Waals surface area (Å²) in [6.45, 7) is 3.70. The first kappa shape index (κ1) is 77.6. The van der Waals surface area contributed by atoms with E-state index in [0.29, 0.717) is 6.42 Å². The zero-order chi connectivity index (χ0) is 59.3. The van der Waals surface area contributed by atoms with E-state index in [2.05, 4.69) is 79.9 Å². The Morgan fingerprint density at radius 3 is 1.12 bits per heavy atom. The molecule has 1 amide bonds. The van der Waals surface area contributed by atoms with Crippen molar-refractivity contribution in [3.8, 4) is 0 Å². The van der Waals surface area contributed by atoms with Crippen LogP contribution in [-0.2, 0) is 14.3 Å². The van der Waals surface area contributed by atoms with Gasteiger partial charge in [0, 0.05) is 6.42 Å². The number of ether oxygens (including phenoxy) is 2. The molecule has 0 aromatic carbocycles. The highest BCUT2D eigenvalue weighted by molar-refractivity contribution is 5.76. The second-order valence-electron chi connectivity index (χ2n) is 24.3. The second kappa shape index (κ2) is 61.7. The number of hydrogen-bond donors (Lipinski definition) is 6. The van der Waals surface area contributed by atoms with Crippen LogP contribution in [0.15, 0.2) is 72.9 Å². The van der Waals surface area contributed by atoms with Gasteiger partial charge in [0.1, 0.15) is 24.4 Å². The molecule has 9 heteroatoms. The Kier molecular flexibility index (Phi) is 58.4. The average Bonchev–Trinajstić information content (AvgIpc) is 3.57. The van der Waals surface area contributed by atoms with Crippen molar-refractivity contribution in [1.82, 2.24) is 5.32 Å². The number of rotatable bonds is 61. The maximum absolute atomic E-state index is 13.1. The Labute approximate surface area is 506 Å². The predicted octanol–water partition coefficient (Wildman–Crippen LogP) is 19.1. The van der Waals surface area contributed by atoms with E-state index in [1.54, 1.807) is 6.08 Å². The number of allylic oxidation sites excluding steroid dienone is 11. The third kappa shape index (κ3) is 49.8. The minimum absolute atomic E-state index is 0.171. The molecular weight excluding hydrogens is 1020 g/mol. The quantitative estimate of drug-likeness (QED) is 0.0261. The summed E-state index contributed by atoms with van der Waals surface area (Å²) in [6, 6.07) is -0.805. The number of hydrogen-bond acceptors (Lipinski definition) is 8. The SMILES string of the molecule is CC/C=C\C/C=C\C/C=C\C/C=C\C/C=C\CCCCCCCCCCCCCCCCCCCCCCCCCCCC(=O)NC(COC1OC(CO)C(O)C(O)C1O)C(O)/C=C/CCCCCCCCCCCCCCCCCC. The highest BCUT2D eigenvalue weighted by Gasteiger charge is 2.44. The largest absolute Gasteiger partial charge is 0.394 e. The van der Waals surface area contributed by atoms with Crippen molar-refractivity contribution in [2.45, 2.75) is 371 Å². The van der Waals surface area contributed by atoms with Crippen molar-refractivity contribution in [1.29, 1.82) is 0 Å². The van der Waals surface area contributed by atoms with Crippen LogP contribution in [0.2, 0.25) is 0 Å². The number of nitrogens with one attached hydrogen (secondary N) is 1. The highest BCUT2D eigenvalue weighted by Crippen LogP contribution is 2.23. The number of unbranched alkanes of at least 4 members (excludes halogenated alkanes) is 41. The molecule has 0 aromatic heterocycles. The third-order valence-electron chi connectivity index (χ3n) is 16.5. The van der Waals surface area contributed by atoms with E-state index in [1.807, 2.05) is 6.08 Å². The standard InChI is InChI=1S/C73H133NO8/c1-3-5-7-9-11-13-15-17-19-21-23-24-25-26-27-28-29-30-31-32-33-34-35-36-37-38-39-40-41-42-43-44-45-47-49-51-53-55-57-59-61-63-69(77)74-66(65-81-73-72(80)71(79)70(78)68(64-75)82-73)67(76)62-60-58-56-54-52-50-48-46-22-20-18-16-14-12-10-8-6-4-2/h5,7,11,13,17,19,23-24,26-27,60,62,66-68,70-73,75-76,78-80H,3-4,6,8-10,12,14-16,18,20-22,25,28-59,61,63-65H2,1-2H3,(H,74,77)/b7-5-,13-11-,19-17-,24-23-,27-26-,62-60+. The van der Waals surface area contributed by atoms with Crippen LogP contribution in [0, 0.1) is 0 Å². The molecule has 0 saturated carbocycles. The molecule has 6 N–H and O–H groups in total. The maximum Gasteiger partial charge on any atom is 0.220 e. The topological polar surface area (TPSA) is 149 Å². The van der Waals surface area contributed by atoms with Gasteiger partial charge in [-0.2, -0.15) is 0 Å². The summed E-state index contributed by atoms with van der Waals surface area (Å²) >= 11 is 0. The molecular formula is C73H133NO8. The second-order valence-corrected chi connectivity index (χ2v) is 24.3. The molecule has 0 radical (unpaired) electrons. The lowest BCUT2D eigenvalue weighted by Crippen LogP contribution is -2.60. The first-order valence-electron chi connectivity index (χ1n) is 35.2. The summed E-state index contributed by atoms with van der Waals surface area (Å²) in [5.74, 6) is -0.171. The molecule has 0 spiro atoms. The van der Waals surface area contributed by atoms with Gasteiger partial charge in [0.15, 0.2) is 6.29 Å². The van der Waals surface area contributed by atoms with Gasteiger partial charge in [0.2, 0.25) is 5.91 Å². The molecule has 1 aliphatic heterocycles. The van der Waals surface area contributed by atoms with Crippen LogP contribution in [0.1, 0.15) is 328 Å². The molecule has 0 aromatic rings. The Hall–Kier alpha value is -2.37. The van der Waals surface area contributed by atoms with Crippen LogP contribution in [0.4, 0.5) is 0 Å². The number of carbonyl (C=O) groups is 1. The fourth-order valence-corrected chi connectivity index (χ4v) is 11.1. The fourth-order valence-electron chi connectivity index (χ4n) is 11.1. The summed E-state index contributed by atoms with van der Waals surface area (Å²) in [4.78, 5) is 13.1. The molecule has 1 aliphatic rings. The van der Waals surface area contributed by atoms with E-state index < -0.39 is 49.5 Å². The Morgan fingerprint density at radius 1 is 0.427 bits per heavy atom. The smallest absolute Gasteiger partial charge is 0.220 e. The van der Waals surface area contributed by atoms with Crippen molar-refractivity contribution in [2.75, 3.05) is 13.2 Å². The van der Waals surface area contributed by atoms with E-state index in [1.165, 1.54) is 238 Å². The molecule has 7 atom stereocenters. The first-order chi connectivity index (χ1) is 40.3. The fraction of sp³-hybridized carbons (Fsp3) is 0.822. The lowest BCUT2D eigenvalue weighted by molar-refractivity contribution is -0.302. The number of aliphatic hydroxyl groups is 5. The van der Waals surface area contributed by atoms with Gasteiger partial charge in [0.05, 0.1) is 25.4 Å². The van der Waals surface area contributed by atoms with Gasteiger partial charge in [-0.25, -0.2) is 0 Å². The van der Waals surface area contributed by atoms with Crippen LogP contribution in [0.3, 0.4) is 0 Å². The lowest BCUT2D eigenvalue weighted by Gasteiger charge is -2.40. The van der Waals surface area contributed by atoms with Gasteiger partial charge in [-0.05, 0) is 64.2 Å². The van der Waals surface area contributed by atoms with Crippen LogP contribution < -0.4 is 5.32 Å². The van der Waals surface area contributed by atoms with Crippen LogP contribution in [0.25, 0.3) is 0 Å². The van der Waals surface area contributed by atoms with E-state index in [9.17, 15) is 30.3 Å². The van der Waals surface area contributed by atoms with Gasteiger partial charge in [-0.1, -0.05) is 331 Å². The van der Waals surface area contributed by atoms with E-state index in [0.717, 1.165) is 70.6 Å². The number of carbonyl (C=O) groups excluding carboxylic acids is 1. The van der Waals surface area contributed by atoms with E-state index in [4.69, 9.17) is 9.47 Å². The minimum atomic E-state index is -1.57. The summed E-state index contributed by atoms with van der Waals surface area (Å²) in [5, 5.41) is 54.7. The first-order valence-corrected chi connectivity index (χ1v) is 35.2. The summed E-state index contributed by atoms with van der Waals surface area (Å²) < 4.78 is 11.3. The molecule has 1 saturated heterocycles. The predicted molar refractivity (Wildman–Crippen MR) is 350 cm³/mol. The van der Waals surface area contributed by atoms with Crippen LogP contribution in [-0.4, -0.2) is 87.5 Å². The van der Waals surface area contributed by atoms with Crippen LogP contribution >= 0.6 is 0 Å². The molecule has 1 rings (SSSR count). The van der Waals surface area contributed by atoms with Crippen LogP contribution in [0.5, 0.6) is 0 Å². The van der Waals surface area contributed by atoms with Gasteiger partial charge in [-0.15, -0.1) is 0 Å². The van der Waals surface area contributed by atoms with Gasteiger partial charge >= 0.3 is 0 Å². The van der Waals surface area contributed by atoms with Crippen molar-refractivity contribution in [2.24, 2.45) is 0 Å². The maximum atomic E-state index is 13.1. The van der Waals surface area contributed by atoms with Gasteiger partial charge in [0.25, 0.3) is 0 Å². The van der Waals surface area contributed by atoms with Crippen molar-refractivity contribution in [3.05, 3.63) is 72.9 Å². The molecule has 7 unspecified atom stereocenters. The summed E-state index contributed by atoms with van der Waals surface area (Å²) in [7, 11) is 0. The molecule has 1 heterocycles. The summed E-state index contributed by atoms with van der Waals surface area (Å²) in [5.41, 5.74) is 0. The Bertz CT molecular complexity index is 1520. The average molecular weight is 1150 g/mol. The zero-order valence-electron chi connectivity index (χ0n) is 53.5. The highest BCUT2D eigenvalue weighted by atomic mass is 16.7. The van der Waals surface area contributed by atoms with Gasteiger partial charge < -0.3 is 40.3 Å². The molecule has 82 heavy (non-hydrogen) atoms. The zero-order valence-corrected chi connectivity index (χ0v) is 53.5. The molecule has 1 fully saturated rings. The number of aliphatic hydroxyl groups excluding tert-OH is 5. The van der Waals surface area contributed by atoms with E-state index >= 15 is 0 Å². The minimum Gasteiger partial charge on any atom is -0.394 e. The van der Waals surface area contributed by atoms with Crippen molar-refractivity contribution in [3.63, 3.8) is 0 Å². The van der Waals surface area contributed by atoms with Gasteiger partial charge in [-0.3, -0.25) is 4.79 Å². The van der Waals surface area contributed by atoms with Crippen molar-refractivity contribution < 1.29 is 39.8 Å². The van der Waals surface area contributed by atoms with E-state index in [-0.39, 0.29) is 12.5 Å². The monoisotopic (exact) mass is 1150 g/mol. The Morgan fingerprint density at radius 2 is 0.756 bits per heavy atom. The molecule has 0 aliphatic carbocycles.